The van der Waals surface area contributed by atoms with Crippen LogP contribution >= 0.6 is 0 Å². The van der Waals surface area contributed by atoms with E-state index in [1.807, 2.05) is 18.2 Å². The second kappa shape index (κ2) is 4.84. The van der Waals surface area contributed by atoms with Gasteiger partial charge in [0.1, 0.15) is 0 Å². The smallest absolute Gasteiger partial charge is 0.0267 e. The van der Waals surface area contributed by atoms with Gasteiger partial charge in [-0.15, -0.1) is 0 Å². The Morgan fingerprint density at radius 3 is 1.67 bits per heavy atom. The number of pyridine rings is 1. The number of aromatic nitrogens is 1. The summed E-state index contributed by atoms with van der Waals surface area (Å²) in [4.78, 5) is 3.78. The molecule has 3 aromatic rings. The molecule has 86 valence electrons. The van der Waals surface area contributed by atoms with Crippen LogP contribution in [0.2, 0.25) is 0 Å². The maximum Gasteiger partial charge on any atom is 0.0267 e. The number of hydrogen-bond donors (Lipinski definition) is 0. The molecule has 0 atom stereocenters. The fraction of sp³-hybridized carbons (Fsp3) is 0. The molecule has 1 heterocycles. The van der Waals surface area contributed by atoms with Gasteiger partial charge in [0.15, 0.2) is 0 Å². The molecule has 1 heteroatoms. The first-order chi connectivity index (χ1) is 8.95. The van der Waals surface area contributed by atoms with Gasteiger partial charge in [-0.25, -0.2) is 0 Å². The van der Waals surface area contributed by atoms with E-state index in [0.717, 1.165) is 0 Å². The van der Waals surface area contributed by atoms with Crippen LogP contribution in [0.15, 0.2) is 67.0 Å². The minimum atomic E-state index is 1.34. The first kappa shape index (κ1) is 10.7. The fourth-order valence-corrected chi connectivity index (χ4v) is 2.17. The molecule has 2 aromatic carbocycles. The molecule has 1 aliphatic rings. The zero-order valence-electron chi connectivity index (χ0n) is 9.95. The molecule has 0 aliphatic heterocycles. The standard InChI is InChI=1S/C12H8.C5H5N/c1-3-9-4-2-6-11-8-7-10(5-1)12(9)11;1-2-4-6-5-3-1/h1-8H;1-5H. The van der Waals surface area contributed by atoms with Crippen LogP contribution in [0, 0.1) is 0 Å². The molecule has 0 amide bonds. The van der Waals surface area contributed by atoms with Crippen molar-refractivity contribution < 1.29 is 0 Å². The number of benzene rings is 2. The van der Waals surface area contributed by atoms with Crippen molar-refractivity contribution in [3.63, 3.8) is 0 Å². The summed E-state index contributed by atoms with van der Waals surface area (Å²) in [7, 11) is 0. The highest BCUT2D eigenvalue weighted by Gasteiger charge is 2.06. The molecule has 1 nitrogen and oxygen atoms in total. The predicted octanol–water partition coefficient (Wildman–Crippen LogP) is 4.41. The Morgan fingerprint density at radius 1 is 0.611 bits per heavy atom. The minimum Gasteiger partial charge on any atom is -0.265 e. The first-order valence-corrected chi connectivity index (χ1v) is 6.00. The highest BCUT2D eigenvalue weighted by Crippen LogP contribution is 2.30. The average Bonchev–Trinajstić information content (AvgIpc) is 2.88. The molecule has 1 aromatic heterocycles. The molecule has 18 heavy (non-hydrogen) atoms. The van der Waals surface area contributed by atoms with Gasteiger partial charge in [-0.05, 0) is 34.0 Å². The molecule has 1 aliphatic carbocycles. The van der Waals surface area contributed by atoms with Crippen molar-refractivity contribution in [2.24, 2.45) is 0 Å². The maximum atomic E-state index is 3.78. The summed E-state index contributed by atoms with van der Waals surface area (Å²) in [6.45, 7) is 0. The zero-order chi connectivity index (χ0) is 12.2. The molecule has 0 bridgehead atoms. The fourth-order valence-electron chi connectivity index (χ4n) is 2.17. The molecular formula is C17H13N. The summed E-state index contributed by atoms with van der Waals surface area (Å²) >= 11 is 0. The molecule has 0 saturated carbocycles. The van der Waals surface area contributed by atoms with Gasteiger partial charge >= 0.3 is 0 Å². The van der Waals surface area contributed by atoms with Gasteiger partial charge in [-0.3, -0.25) is 4.98 Å². The highest BCUT2D eigenvalue weighted by atomic mass is 14.6. The molecule has 0 fully saturated rings. The van der Waals surface area contributed by atoms with E-state index in [9.17, 15) is 0 Å². The van der Waals surface area contributed by atoms with E-state index in [-0.39, 0.29) is 0 Å². The summed E-state index contributed by atoms with van der Waals surface area (Å²) in [5, 5.41) is 2.75. The second-order valence-electron chi connectivity index (χ2n) is 4.15. The van der Waals surface area contributed by atoms with Gasteiger partial charge in [0, 0.05) is 12.4 Å². The van der Waals surface area contributed by atoms with E-state index in [4.69, 9.17) is 0 Å². The number of hydrogen-bond acceptors (Lipinski definition) is 1. The van der Waals surface area contributed by atoms with E-state index in [1.165, 1.54) is 21.9 Å². The number of rotatable bonds is 0. The monoisotopic (exact) mass is 231 g/mol. The Labute approximate surface area is 106 Å². The summed E-state index contributed by atoms with van der Waals surface area (Å²) in [6, 6.07) is 18.6. The van der Waals surface area contributed by atoms with Gasteiger partial charge in [0.05, 0.1) is 0 Å². The Bertz CT molecular complexity index is 617. The van der Waals surface area contributed by atoms with Crippen LogP contribution in [0.4, 0.5) is 0 Å². The van der Waals surface area contributed by atoms with Crippen LogP contribution < -0.4 is 0 Å². The first-order valence-electron chi connectivity index (χ1n) is 6.00. The topological polar surface area (TPSA) is 12.9 Å². The van der Waals surface area contributed by atoms with Crippen LogP contribution in [-0.4, -0.2) is 4.98 Å². The highest BCUT2D eigenvalue weighted by molar-refractivity contribution is 6.04. The lowest BCUT2D eigenvalue weighted by Gasteiger charge is -1.99. The Hall–Kier alpha value is -2.41. The summed E-state index contributed by atoms with van der Waals surface area (Å²) in [5.74, 6) is 0. The Kier molecular flexibility index (Phi) is 2.89. The van der Waals surface area contributed by atoms with Crippen LogP contribution in [-0.2, 0) is 0 Å². The van der Waals surface area contributed by atoms with E-state index < -0.39 is 0 Å². The Morgan fingerprint density at radius 2 is 1.22 bits per heavy atom. The molecule has 0 unspecified atom stereocenters. The van der Waals surface area contributed by atoms with Crippen LogP contribution in [0.1, 0.15) is 11.1 Å². The minimum absolute atomic E-state index is 1.34. The van der Waals surface area contributed by atoms with Gasteiger partial charge in [-0.1, -0.05) is 54.6 Å². The largest absolute Gasteiger partial charge is 0.265 e. The van der Waals surface area contributed by atoms with Gasteiger partial charge in [0.25, 0.3) is 0 Å². The van der Waals surface area contributed by atoms with Crippen molar-refractivity contribution in [1.82, 2.24) is 4.98 Å². The van der Waals surface area contributed by atoms with Crippen LogP contribution in [0.3, 0.4) is 0 Å². The van der Waals surface area contributed by atoms with Crippen LogP contribution in [0.25, 0.3) is 22.9 Å². The van der Waals surface area contributed by atoms with Crippen molar-refractivity contribution in [2.75, 3.05) is 0 Å². The third kappa shape index (κ3) is 2.03. The average molecular weight is 231 g/mol. The number of nitrogens with zero attached hydrogens (tertiary/aromatic N) is 1. The Balaban J connectivity index is 0.000000142. The molecule has 4 rings (SSSR count). The lowest BCUT2D eigenvalue weighted by molar-refractivity contribution is 1.33. The van der Waals surface area contributed by atoms with Crippen molar-refractivity contribution in [1.29, 1.82) is 0 Å². The van der Waals surface area contributed by atoms with Gasteiger partial charge < -0.3 is 0 Å². The van der Waals surface area contributed by atoms with E-state index in [0.29, 0.717) is 0 Å². The molecule has 0 saturated heterocycles. The maximum absolute atomic E-state index is 3.78. The quantitative estimate of drug-likeness (QED) is 0.437. The third-order valence-corrected chi connectivity index (χ3v) is 2.98. The molecule has 0 radical (unpaired) electrons. The lowest BCUT2D eigenvalue weighted by atomic mass is 10.0. The van der Waals surface area contributed by atoms with E-state index in [2.05, 4.69) is 53.5 Å². The molecule has 0 N–H and O–H groups in total. The summed E-state index contributed by atoms with van der Waals surface area (Å²) in [6.07, 6.45) is 7.86. The molecular weight excluding hydrogens is 218 g/mol. The van der Waals surface area contributed by atoms with Gasteiger partial charge in [0.2, 0.25) is 0 Å². The van der Waals surface area contributed by atoms with Crippen molar-refractivity contribution in [2.45, 2.75) is 0 Å². The zero-order valence-corrected chi connectivity index (χ0v) is 9.95. The third-order valence-electron chi connectivity index (χ3n) is 2.98. The van der Waals surface area contributed by atoms with Crippen LogP contribution in [0.5, 0.6) is 0 Å². The van der Waals surface area contributed by atoms with Crippen molar-refractivity contribution in [3.8, 4) is 0 Å². The van der Waals surface area contributed by atoms with E-state index >= 15 is 0 Å². The summed E-state index contributed by atoms with van der Waals surface area (Å²) in [5.41, 5.74) is 2.70. The van der Waals surface area contributed by atoms with Crippen molar-refractivity contribution >= 4 is 22.9 Å². The predicted molar refractivity (Wildman–Crippen MR) is 77.1 cm³/mol. The molecule has 0 spiro atoms. The van der Waals surface area contributed by atoms with Gasteiger partial charge in [-0.2, -0.15) is 0 Å². The SMILES string of the molecule is C1=Cc2cccc3cccc1c23.c1ccncc1. The summed E-state index contributed by atoms with van der Waals surface area (Å²) < 4.78 is 0. The van der Waals surface area contributed by atoms with E-state index in [1.54, 1.807) is 12.4 Å². The normalized spacial score (nSPS) is 11.1. The van der Waals surface area contributed by atoms with Crippen molar-refractivity contribution in [3.05, 3.63) is 78.1 Å². The lowest BCUT2D eigenvalue weighted by Crippen LogP contribution is -1.76. The second-order valence-corrected chi connectivity index (χ2v) is 4.15.